The van der Waals surface area contributed by atoms with Crippen molar-refractivity contribution >= 4 is 11.0 Å². The maximum Gasteiger partial charge on any atom is 0.108 e. The van der Waals surface area contributed by atoms with Gasteiger partial charge in [0.1, 0.15) is 5.82 Å². The standard InChI is InChI=1S/C15H17N5/c1-20-9-8-19-15(20)5-3-12(16)11-2-4-13-14(10-11)18-7-6-17-13/h2,4,6-10,12H,3,5,16H2,1H3. The molecule has 102 valence electrons. The van der Waals surface area contributed by atoms with Crippen molar-refractivity contribution in [3.63, 3.8) is 0 Å². The number of hydrogen-bond acceptors (Lipinski definition) is 4. The van der Waals surface area contributed by atoms with Crippen LogP contribution in [0.4, 0.5) is 0 Å². The zero-order valence-electron chi connectivity index (χ0n) is 11.4. The summed E-state index contributed by atoms with van der Waals surface area (Å²) in [7, 11) is 2.00. The lowest BCUT2D eigenvalue weighted by Crippen LogP contribution is -2.12. The largest absolute Gasteiger partial charge is 0.338 e. The Morgan fingerprint density at radius 2 is 1.90 bits per heavy atom. The minimum absolute atomic E-state index is 0.0156. The summed E-state index contributed by atoms with van der Waals surface area (Å²) in [5.74, 6) is 1.06. The fourth-order valence-corrected chi connectivity index (χ4v) is 2.30. The Kier molecular flexibility index (Phi) is 3.43. The molecule has 1 atom stereocenters. The van der Waals surface area contributed by atoms with Crippen molar-refractivity contribution in [1.82, 2.24) is 19.5 Å². The molecular weight excluding hydrogens is 250 g/mol. The zero-order valence-corrected chi connectivity index (χ0v) is 11.4. The summed E-state index contributed by atoms with van der Waals surface area (Å²) in [5, 5.41) is 0. The molecule has 3 aromatic rings. The van der Waals surface area contributed by atoms with Gasteiger partial charge in [-0.05, 0) is 24.1 Å². The molecule has 0 aliphatic heterocycles. The Morgan fingerprint density at radius 1 is 1.10 bits per heavy atom. The lowest BCUT2D eigenvalue weighted by molar-refractivity contribution is 0.621. The van der Waals surface area contributed by atoms with Crippen LogP contribution in [-0.2, 0) is 13.5 Å². The zero-order chi connectivity index (χ0) is 13.9. The Balaban J connectivity index is 1.75. The van der Waals surface area contributed by atoms with E-state index in [-0.39, 0.29) is 6.04 Å². The van der Waals surface area contributed by atoms with E-state index in [1.54, 1.807) is 12.4 Å². The van der Waals surface area contributed by atoms with Crippen LogP contribution in [0.3, 0.4) is 0 Å². The maximum absolute atomic E-state index is 6.27. The second-order valence-electron chi connectivity index (χ2n) is 4.90. The molecule has 0 spiro atoms. The van der Waals surface area contributed by atoms with E-state index in [9.17, 15) is 0 Å². The number of fused-ring (bicyclic) bond motifs is 1. The molecule has 0 saturated heterocycles. The molecule has 0 aliphatic rings. The Bertz CT molecular complexity index is 719. The molecule has 0 fully saturated rings. The molecule has 5 heteroatoms. The number of benzene rings is 1. The van der Waals surface area contributed by atoms with Crippen molar-refractivity contribution in [2.24, 2.45) is 12.8 Å². The highest BCUT2D eigenvalue weighted by molar-refractivity contribution is 5.74. The normalized spacial score (nSPS) is 12.7. The van der Waals surface area contributed by atoms with E-state index >= 15 is 0 Å². The van der Waals surface area contributed by atoms with Gasteiger partial charge < -0.3 is 10.3 Å². The predicted molar refractivity (Wildman–Crippen MR) is 78.0 cm³/mol. The molecule has 0 radical (unpaired) electrons. The van der Waals surface area contributed by atoms with Gasteiger partial charge in [-0.2, -0.15) is 0 Å². The highest BCUT2D eigenvalue weighted by Gasteiger charge is 2.09. The van der Waals surface area contributed by atoms with Crippen LogP contribution in [0.25, 0.3) is 11.0 Å². The van der Waals surface area contributed by atoms with Crippen LogP contribution >= 0.6 is 0 Å². The van der Waals surface area contributed by atoms with Crippen molar-refractivity contribution in [2.45, 2.75) is 18.9 Å². The molecule has 0 amide bonds. The molecule has 0 bridgehead atoms. The number of nitrogens with two attached hydrogens (primary N) is 1. The minimum Gasteiger partial charge on any atom is -0.338 e. The van der Waals surface area contributed by atoms with Crippen LogP contribution in [-0.4, -0.2) is 19.5 Å². The van der Waals surface area contributed by atoms with Gasteiger partial charge in [0.2, 0.25) is 0 Å². The molecule has 1 aromatic carbocycles. The maximum atomic E-state index is 6.27. The number of hydrogen-bond donors (Lipinski definition) is 1. The van der Waals surface area contributed by atoms with Crippen molar-refractivity contribution in [1.29, 1.82) is 0 Å². The first kappa shape index (κ1) is 12.7. The third-order valence-corrected chi connectivity index (χ3v) is 3.52. The summed E-state index contributed by atoms with van der Waals surface area (Å²) in [6.45, 7) is 0. The average molecular weight is 267 g/mol. The predicted octanol–water partition coefficient (Wildman–Crippen LogP) is 2.00. The Morgan fingerprint density at radius 3 is 2.65 bits per heavy atom. The van der Waals surface area contributed by atoms with Crippen molar-refractivity contribution < 1.29 is 0 Å². The van der Waals surface area contributed by atoms with E-state index in [0.717, 1.165) is 35.3 Å². The van der Waals surface area contributed by atoms with Gasteiger partial charge in [-0.25, -0.2) is 4.98 Å². The molecule has 2 heterocycles. The van der Waals surface area contributed by atoms with Crippen LogP contribution in [0, 0.1) is 0 Å². The summed E-state index contributed by atoms with van der Waals surface area (Å²) in [4.78, 5) is 12.9. The molecule has 0 saturated carbocycles. The van der Waals surface area contributed by atoms with Gasteiger partial charge >= 0.3 is 0 Å². The third kappa shape index (κ3) is 2.53. The van der Waals surface area contributed by atoms with Crippen molar-refractivity contribution in [3.8, 4) is 0 Å². The highest BCUT2D eigenvalue weighted by atomic mass is 15.0. The van der Waals surface area contributed by atoms with E-state index < -0.39 is 0 Å². The van der Waals surface area contributed by atoms with Gasteiger partial charge in [0.05, 0.1) is 11.0 Å². The summed E-state index contributed by atoms with van der Waals surface area (Å²) >= 11 is 0. The van der Waals surface area contributed by atoms with Gasteiger partial charge in [-0.3, -0.25) is 9.97 Å². The summed E-state index contributed by atoms with van der Waals surface area (Å²) in [6.07, 6.45) is 8.88. The smallest absolute Gasteiger partial charge is 0.108 e. The highest BCUT2D eigenvalue weighted by Crippen LogP contribution is 2.19. The van der Waals surface area contributed by atoms with E-state index in [1.165, 1.54) is 0 Å². The molecular formula is C15H17N5. The van der Waals surface area contributed by atoms with Gasteiger partial charge in [-0.1, -0.05) is 6.07 Å². The van der Waals surface area contributed by atoms with Crippen LogP contribution in [0.1, 0.15) is 23.9 Å². The first-order valence-corrected chi connectivity index (χ1v) is 6.66. The lowest BCUT2D eigenvalue weighted by Gasteiger charge is -2.12. The first-order chi connectivity index (χ1) is 9.74. The van der Waals surface area contributed by atoms with Crippen LogP contribution in [0.15, 0.2) is 43.0 Å². The van der Waals surface area contributed by atoms with Gasteiger partial charge in [-0.15, -0.1) is 0 Å². The topological polar surface area (TPSA) is 69.6 Å². The molecule has 20 heavy (non-hydrogen) atoms. The molecule has 2 N–H and O–H groups in total. The first-order valence-electron chi connectivity index (χ1n) is 6.66. The number of aromatic nitrogens is 4. The fourth-order valence-electron chi connectivity index (χ4n) is 2.30. The molecule has 0 aliphatic carbocycles. The fraction of sp³-hybridized carbons (Fsp3) is 0.267. The molecule has 1 unspecified atom stereocenters. The van der Waals surface area contributed by atoms with Crippen molar-refractivity contribution in [3.05, 3.63) is 54.4 Å². The molecule has 5 nitrogen and oxygen atoms in total. The van der Waals surface area contributed by atoms with Gasteiger partial charge in [0.15, 0.2) is 0 Å². The van der Waals surface area contributed by atoms with Crippen molar-refractivity contribution in [2.75, 3.05) is 0 Å². The summed E-state index contributed by atoms with van der Waals surface area (Å²) in [5.41, 5.74) is 9.14. The summed E-state index contributed by atoms with van der Waals surface area (Å²) < 4.78 is 2.03. The molecule has 3 rings (SSSR count). The average Bonchev–Trinajstić information content (AvgIpc) is 2.89. The molecule has 2 aromatic heterocycles. The Labute approximate surface area is 117 Å². The van der Waals surface area contributed by atoms with Gasteiger partial charge in [0.25, 0.3) is 0 Å². The minimum atomic E-state index is -0.0156. The number of aryl methyl sites for hydroxylation is 2. The lowest BCUT2D eigenvalue weighted by atomic mass is 10.0. The third-order valence-electron chi connectivity index (χ3n) is 3.52. The van der Waals surface area contributed by atoms with Crippen LogP contribution in [0.5, 0.6) is 0 Å². The quantitative estimate of drug-likeness (QED) is 0.785. The van der Waals surface area contributed by atoms with E-state index in [2.05, 4.69) is 15.0 Å². The number of imidazole rings is 1. The number of nitrogens with zero attached hydrogens (tertiary/aromatic N) is 4. The van der Waals surface area contributed by atoms with Crippen LogP contribution in [0.2, 0.25) is 0 Å². The second-order valence-corrected chi connectivity index (χ2v) is 4.90. The SMILES string of the molecule is Cn1ccnc1CCC(N)c1ccc2nccnc2c1. The van der Waals surface area contributed by atoms with Crippen LogP contribution < -0.4 is 5.73 Å². The number of rotatable bonds is 4. The monoisotopic (exact) mass is 267 g/mol. The van der Waals surface area contributed by atoms with E-state index in [1.807, 2.05) is 42.2 Å². The van der Waals surface area contributed by atoms with Gasteiger partial charge in [0, 0.05) is 44.3 Å². The van der Waals surface area contributed by atoms with E-state index in [0.29, 0.717) is 0 Å². The van der Waals surface area contributed by atoms with E-state index in [4.69, 9.17) is 5.73 Å². The summed E-state index contributed by atoms with van der Waals surface area (Å²) in [6, 6.07) is 6.00. The Hall–Kier alpha value is -2.27. The second kappa shape index (κ2) is 5.38.